The van der Waals surface area contributed by atoms with E-state index in [-0.39, 0.29) is 27.5 Å². The van der Waals surface area contributed by atoms with Gasteiger partial charge in [0.25, 0.3) is 15.9 Å². The summed E-state index contributed by atoms with van der Waals surface area (Å²) in [6.07, 6.45) is 5.43. The number of benzene rings is 3. The number of terminal acetylenes is 1. The number of carbonyl (C=O) groups excluding carboxylic acids is 1. The molecule has 0 spiro atoms. The van der Waals surface area contributed by atoms with Crippen LogP contribution in [0.3, 0.4) is 0 Å². The van der Waals surface area contributed by atoms with E-state index in [4.69, 9.17) is 6.42 Å². The van der Waals surface area contributed by atoms with Crippen molar-refractivity contribution in [3.8, 4) is 12.3 Å². The van der Waals surface area contributed by atoms with Gasteiger partial charge >= 0.3 is 0 Å². The average Bonchev–Trinajstić information content (AvgIpc) is 3.10. The van der Waals surface area contributed by atoms with E-state index < -0.39 is 27.6 Å². The normalized spacial score (nSPS) is 12.0. The highest BCUT2D eigenvalue weighted by molar-refractivity contribution is 7.92. The van der Waals surface area contributed by atoms with Gasteiger partial charge < -0.3 is 4.57 Å². The molecule has 1 aromatic heterocycles. The predicted molar refractivity (Wildman–Crippen MR) is 122 cm³/mol. The molecule has 0 saturated carbocycles. The Labute approximate surface area is 191 Å². The monoisotopic (exact) mass is 483 g/mol. The van der Waals surface area contributed by atoms with Crippen molar-refractivity contribution in [2.45, 2.75) is 11.4 Å². The maximum absolute atomic E-state index is 13.6. The van der Waals surface area contributed by atoms with Gasteiger partial charge in [0.1, 0.15) is 11.6 Å². The van der Waals surface area contributed by atoms with E-state index in [1.54, 1.807) is 10.6 Å². The summed E-state index contributed by atoms with van der Waals surface area (Å²) in [5, 5.41) is 0. The Hall–Kier alpha value is -3.81. The van der Waals surface area contributed by atoms with Crippen LogP contribution < -0.4 is 9.52 Å². The number of halogens is 2. The molecule has 0 radical (unpaired) electrons. The molecule has 3 aromatic carbocycles. The van der Waals surface area contributed by atoms with Gasteiger partial charge in [-0.2, -0.15) is 4.99 Å². The van der Waals surface area contributed by atoms with Gasteiger partial charge in [0.05, 0.1) is 21.7 Å². The summed E-state index contributed by atoms with van der Waals surface area (Å²) in [6, 6.07) is 14.3. The lowest BCUT2D eigenvalue weighted by Crippen LogP contribution is -2.17. The van der Waals surface area contributed by atoms with Crippen LogP contribution in [-0.4, -0.2) is 18.9 Å². The van der Waals surface area contributed by atoms with Crippen LogP contribution in [0.4, 0.5) is 14.5 Å². The molecule has 0 fully saturated rings. The highest BCUT2D eigenvalue weighted by Gasteiger charge is 2.16. The fraction of sp³-hybridized carbons (Fsp3) is 0.0435. The number of fused-ring (bicyclic) bond motifs is 1. The first-order valence-corrected chi connectivity index (χ1v) is 11.8. The minimum Gasteiger partial charge on any atom is -0.305 e. The summed E-state index contributed by atoms with van der Waals surface area (Å²) in [4.78, 5) is 17.1. The SMILES string of the molecule is C#CCn1c(=NC(=O)c2cccc(NS(=O)(=O)c3ccc(F)cc3)c2)sc2cc(F)ccc21. The standard InChI is InChI=1S/C23H15F2N3O3S2/c1-2-12-28-20-11-8-17(25)14-21(20)32-23(28)26-22(29)15-4-3-5-18(13-15)27-33(30,31)19-9-6-16(24)7-10-19/h1,3-11,13-14,27H,12H2. The summed E-state index contributed by atoms with van der Waals surface area (Å²) >= 11 is 1.11. The van der Waals surface area contributed by atoms with Gasteiger partial charge in [0.2, 0.25) is 0 Å². The average molecular weight is 484 g/mol. The lowest BCUT2D eigenvalue weighted by molar-refractivity contribution is 0.0998. The Kier molecular flexibility index (Phi) is 6.09. The predicted octanol–water partition coefficient (Wildman–Crippen LogP) is 4.16. The Morgan fingerprint density at radius 2 is 1.79 bits per heavy atom. The fourth-order valence-electron chi connectivity index (χ4n) is 3.07. The number of sulfonamides is 1. The van der Waals surface area contributed by atoms with Crippen molar-refractivity contribution < 1.29 is 22.0 Å². The number of nitrogens with one attached hydrogen (secondary N) is 1. The van der Waals surface area contributed by atoms with Crippen molar-refractivity contribution in [3.05, 3.63) is 88.7 Å². The second kappa shape index (κ2) is 8.97. The molecule has 1 heterocycles. The second-order valence-corrected chi connectivity index (χ2v) is 9.54. The Morgan fingerprint density at radius 1 is 1.06 bits per heavy atom. The zero-order valence-electron chi connectivity index (χ0n) is 16.8. The van der Waals surface area contributed by atoms with Crippen molar-refractivity contribution in [2.75, 3.05) is 4.72 Å². The molecule has 0 aliphatic carbocycles. The van der Waals surface area contributed by atoms with Gasteiger partial charge in [-0.25, -0.2) is 17.2 Å². The van der Waals surface area contributed by atoms with Crippen molar-refractivity contribution in [1.29, 1.82) is 0 Å². The van der Waals surface area contributed by atoms with Crippen molar-refractivity contribution in [2.24, 2.45) is 4.99 Å². The highest BCUT2D eigenvalue weighted by atomic mass is 32.2. The van der Waals surface area contributed by atoms with Crippen molar-refractivity contribution >= 4 is 43.2 Å². The number of hydrogen-bond donors (Lipinski definition) is 1. The van der Waals surface area contributed by atoms with E-state index in [0.29, 0.717) is 10.2 Å². The van der Waals surface area contributed by atoms with Gasteiger partial charge in [-0.1, -0.05) is 23.3 Å². The molecule has 0 atom stereocenters. The summed E-state index contributed by atoms with van der Waals surface area (Å²) in [5.41, 5.74) is 0.909. The fourth-order valence-corrected chi connectivity index (χ4v) is 5.17. The second-order valence-electron chi connectivity index (χ2n) is 6.84. The number of aromatic nitrogens is 1. The third-order valence-corrected chi connectivity index (χ3v) is 7.02. The Bertz CT molecular complexity index is 1580. The number of carbonyl (C=O) groups is 1. The molecule has 0 saturated heterocycles. The van der Waals surface area contributed by atoms with Crippen LogP contribution in [0, 0.1) is 24.0 Å². The van der Waals surface area contributed by atoms with Crippen molar-refractivity contribution in [3.63, 3.8) is 0 Å². The van der Waals surface area contributed by atoms with Crippen LogP contribution >= 0.6 is 11.3 Å². The third-order valence-electron chi connectivity index (χ3n) is 4.58. The molecule has 4 aromatic rings. The van der Waals surface area contributed by atoms with Crippen molar-refractivity contribution in [1.82, 2.24) is 4.57 Å². The van der Waals surface area contributed by atoms with Gasteiger partial charge in [-0.3, -0.25) is 9.52 Å². The van der Waals surface area contributed by atoms with E-state index in [1.807, 2.05) is 0 Å². The summed E-state index contributed by atoms with van der Waals surface area (Å²) in [5.74, 6) is 0.878. The quantitative estimate of drug-likeness (QED) is 0.433. The zero-order valence-corrected chi connectivity index (χ0v) is 18.5. The smallest absolute Gasteiger partial charge is 0.279 e. The van der Waals surface area contributed by atoms with E-state index >= 15 is 0 Å². The molecule has 0 unspecified atom stereocenters. The number of anilines is 1. The van der Waals surface area contributed by atoms with E-state index in [2.05, 4.69) is 15.6 Å². The van der Waals surface area contributed by atoms with E-state index in [0.717, 1.165) is 35.6 Å². The molecule has 10 heteroatoms. The lowest BCUT2D eigenvalue weighted by Gasteiger charge is -2.08. The molecule has 1 amide bonds. The molecule has 166 valence electrons. The summed E-state index contributed by atoms with van der Waals surface area (Å²) in [7, 11) is -3.99. The number of rotatable bonds is 5. The number of nitrogens with zero attached hydrogens (tertiary/aromatic N) is 2. The van der Waals surface area contributed by atoms with Gasteiger partial charge in [-0.15, -0.1) is 6.42 Å². The minimum absolute atomic E-state index is 0.127. The first-order chi connectivity index (χ1) is 15.8. The number of hydrogen-bond acceptors (Lipinski definition) is 4. The highest BCUT2D eigenvalue weighted by Crippen LogP contribution is 2.20. The van der Waals surface area contributed by atoms with Crippen LogP contribution in [0.15, 0.2) is 76.6 Å². The minimum atomic E-state index is -3.99. The van der Waals surface area contributed by atoms with E-state index in [9.17, 15) is 22.0 Å². The molecule has 33 heavy (non-hydrogen) atoms. The molecular formula is C23H15F2N3O3S2. The first-order valence-electron chi connectivity index (χ1n) is 9.47. The molecule has 6 nitrogen and oxygen atoms in total. The molecule has 0 aliphatic rings. The zero-order chi connectivity index (χ0) is 23.6. The Morgan fingerprint density at radius 3 is 2.52 bits per heavy atom. The van der Waals surface area contributed by atoms with Crippen LogP contribution in [0.1, 0.15) is 10.4 Å². The summed E-state index contributed by atoms with van der Waals surface area (Å²) in [6.45, 7) is 0.134. The molecule has 0 aliphatic heterocycles. The van der Waals surface area contributed by atoms with E-state index in [1.165, 1.54) is 36.4 Å². The van der Waals surface area contributed by atoms with Crippen LogP contribution in [0.5, 0.6) is 0 Å². The van der Waals surface area contributed by atoms with Gasteiger partial charge in [0, 0.05) is 11.3 Å². The Balaban J connectivity index is 1.67. The summed E-state index contributed by atoms with van der Waals surface area (Å²) < 4.78 is 56.3. The van der Waals surface area contributed by atoms with Crippen LogP contribution in [0.2, 0.25) is 0 Å². The molecule has 0 bridgehead atoms. The maximum atomic E-state index is 13.6. The van der Waals surface area contributed by atoms with Crippen LogP contribution in [-0.2, 0) is 16.6 Å². The van der Waals surface area contributed by atoms with Gasteiger partial charge in [0.15, 0.2) is 4.80 Å². The number of amides is 1. The number of thiazole rings is 1. The third kappa shape index (κ3) is 4.84. The topological polar surface area (TPSA) is 80.5 Å². The first kappa shape index (κ1) is 22.4. The molecular weight excluding hydrogens is 468 g/mol. The molecule has 4 rings (SSSR count). The molecule has 1 N–H and O–H groups in total. The lowest BCUT2D eigenvalue weighted by atomic mass is 10.2. The largest absolute Gasteiger partial charge is 0.305 e. The maximum Gasteiger partial charge on any atom is 0.279 e. The van der Waals surface area contributed by atoms with Gasteiger partial charge in [-0.05, 0) is 60.7 Å². The van der Waals surface area contributed by atoms with Crippen LogP contribution in [0.25, 0.3) is 10.2 Å².